The molecular formula is C13H18O. The van der Waals surface area contributed by atoms with Crippen LogP contribution in [-0.2, 0) is 11.8 Å². The van der Waals surface area contributed by atoms with Crippen LogP contribution in [0.25, 0.3) is 0 Å². The molecule has 0 radical (unpaired) electrons. The van der Waals surface area contributed by atoms with Crippen molar-refractivity contribution >= 4 is 0 Å². The van der Waals surface area contributed by atoms with E-state index in [1.54, 1.807) is 12.7 Å². The third-order valence-corrected chi connectivity index (χ3v) is 3.32. The summed E-state index contributed by atoms with van der Waals surface area (Å²) in [6.07, 6.45) is 2.46. The first-order chi connectivity index (χ1) is 6.54. The van der Waals surface area contributed by atoms with E-state index in [4.69, 9.17) is 4.74 Å². The third-order valence-electron chi connectivity index (χ3n) is 3.32. The second-order valence-electron chi connectivity index (χ2n) is 4.86. The normalized spacial score (nSPS) is 18.0. The molecule has 1 heteroatoms. The summed E-state index contributed by atoms with van der Waals surface area (Å²) in [5.74, 6) is 0.999. The SMILES string of the molecule is COc1cc(C)c2c(c1)CCC2(C)C. The summed E-state index contributed by atoms with van der Waals surface area (Å²) in [6, 6.07) is 4.34. The van der Waals surface area contributed by atoms with Crippen molar-refractivity contribution in [3.8, 4) is 5.75 Å². The van der Waals surface area contributed by atoms with E-state index in [0.717, 1.165) is 5.75 Å². The summed E-state index contributed by atoms with van der Waals surface area (Å²) in [5, 5.41) is 0. The zero-order chi connectivity index (χ0) is 10.3. The molecule has 0 saturated heterocycles. The molecule has 76 valence electrons. The highest BCUT2D eigenvalue weighted by molar-refractivity contribution is 5.48. The van der Waals surface area contributed by atoms with Gasteiger partial charge in [-0.1, -0.05) is 13.8 Å². The lowest BCUT2D eigenvalue weighted by molar-refractivity contribution is 0.414. The molecule has 0 fully saturated rings. The lowest BCUT2D eigenvalue weighted by Crippen LogP contribution is -2.13. The molecule has 0 spiro atoms. The highest BCUT2D eigenvalue weighted by Crippen LogP contribution is 2.41. The van der Waals surface area contributed by atoms with Gasteiger partial charge in [0.05, 0.1) is 7.11 Å². The van der Waals surface area contributed by atoms with E-state index in [0.29, 0.717) is 5.41 Å². The van der Waals surface area contributed by atoms with Crippen LogP contribution in [-0.4, -0.2) is 7.11 Å². The molecule has 1 aromatic carbocycles. The first-order valence-electron chi connectivity index (χ1n) is 5.22. The van der Waals surface area contributed by atoms with Gasteiger partial charge < -0.3 is 4.74 Å². The molecule has 0 amide bonds. The number of ether oxygens (including phenoxy) is 1. The van der Waals surface area contributed by atoms with Crippen LogP contribution in [0.4, 0.5) is 0 Å². The summed E-state index contributed by atoms with van der Waals surface area (Å²) in [5.41, 5.74) is 4.75. The Balaban J connectivity index is 2.58. The minimum atomic E-state index is 0.353. The fraction of sp³-hybridized carbons (Fsp3) is 0.538. The molecule has 14 heavy (non-hydrogen) atoms. The summed E-state index contributed by atoms with van der Waals surface area (Å²) in [6.45, 7) is 6.85. The van der Waals surface area contributed by atoms with Gasteiger partial charge in [-0.15, -0.1) is 0 Å². The van der Waals surface area contributed by atoms with Crippen molar-refractivity contribution in [3.63, 3.8) is 0 Å². The summed E-state index contributed by atoms with van der Waals surface area (Å²) in [4.78, 5) is 0. The van der Waals surface area contributed by atoms with Gasteiger partial charge in [-0.05, 0) is 54.0 Å². The lowest BCUT2D eigenvalue weighted by atomic mass is 9.84. The van der Waals surface area contributed by atoms with Crippen molar-refractivity contribution in [1.82, 2.24) is 0 Å². The molecule has 1 aromatic rings. The van der Waals surface area contributed by atoms with Crippen molar-refractivity contribution < 1.29 is 4.74 Å². The molecule has 0 aromatic heterocycles. The summed E-state index contributed by atoms with van der Waals surface area (Å²) >= 11 is 0. The van der Waals surface area contributed by atoms with Crippen molar-refractivity contribution in [3.05, 3.63) is 28.8 Å². The molecule has 1 aliphatic rings. The Labute approximate surface area is 86.1 Å². The average Bonchev–Trinajstić information content (AvgIpc) is 2.42. The fourth-order valence-corrected chi connectivity index (χ4v) is 2.68. The molecule has 0 saturated carbocycles. The fourth-order valence-electron chi connectivity index (χ4n) is 2.68. The van der Waals surface area contributed by atoms with Gasteiger partial charge in [0.25, 0.3) is 0 Å². The zero-order valence-corrected chi connectivity index (χ0v) is 9.48. The molecule has 2 rings (SSSR count). The van der Waals surface area contributed by atoms with Gasteiger partial charge in [0, 0.05) is 0 Å². The van der Waals surface area contributed by atoms with Crippen LogP contribution >= 0.6 is 0 Å². The monoisotopic (exact) mass is 190 g/mol. The van der Waals surface area contributed by atoms with Crippen molar-refractivity contribution in [2.24, 2.45) is 0 Å². The Morgan fingerprint density at radius 3 is 2.64 bits per heavy atom. The van der Waals surface area contributed by atoms with Crippen molar-refractivity contribution in [2.75, 3.05) is 7.11 Å². The Morgan fingerprint density at radius 1 is 1.29 bits per heavy atom. The van der Waals surface area contributed by atoms with E-state index in [2.05, 4.69) is 32.9 Å². The van der Waals surface area contributed by atoms with Gasteiger partial charge >= 0.3 is 0 Å². The van der Waals surface area contributed by atoms with Crippen LogP contribution in [0, 0.1) is 6.92 Å². The molecule has 0 unspecified atom stereocenters. The van der Waals surface area contributed by atoms with Gasteiger partial charge in [-0.3, -0.25) is 0 Å². The Morgan fingerprint density at radius 2 is 2.00 bits per heavy atom. The third kappa shape index (κ3) is 1.31. The van der Waals surface area contributed by atoms with Crippen molar-refractivity contribution in [1.29, 1.82) is 0 Å². The predicted octanol–water partition coefficient (Wildman–Crippen LogP) is 3.23. The first-order valence-corrected chi connectivity index (χ1v) is 5.22. The summed E-state index contributed by atoms with van der Waals surface area (Å²) < 4.78 is 5.29. The Kier molecular flexibility index (Phi) is 2.06. The van der Waals surface area contributed by atoms with E-state index in [1.165, 1.54) is 24.0 Å². The standard InChI is InChI=1S/C13H18O/c1-9-7-11(14-4)8-10-5-6-13(2,3)12(9)10/h7-8H,5-6H2,1-4H3. The van der Waals surface area contributed by atoms with E-state index < -0.39 is 0 Å². The smallest absolute Gasteiger partial charge is 0.119 e. The molecule has 0 atom stereocenters. The van der Waals surface area contributed by atoms with Crippen LogP contribution in [0.5, 0.6) is 5.75 Å². The second-order valence-corrected chi connectivity index (χ2v) is 4.86. The molecule has 0 N–H and O–H groups in total. The van der Waals surface area contributed by atoms with Crippen LogP contribution in [0.2, 0.25) is 0 Å². The highest BCUT2D eigenvalue weighted by Gasteiger charge is 2.31. The number of aryl methyl sites for hydroxylation is 2. The van der Waals surface area contributed by atoms with E-state index in [9.17, 15) is 0 Å². The molecule has 1 nitrogen and oxygen atoms in total. The average molecular weight is 190 g/mol. The molecular weight excluding hydrogens is 172 g/mol. The molecule has 0 aliphatic heterocycles. The highest BCUT2D eigenvalue weighted by atomic mass is 16.5. The van der Waals surface area contributed by atoms with E-state index >= 15 is 0 Å². The van der Waals surface area contributed by atoms with Crippen LogP contribution < -0.4 is 4.74 Å². The lowest BCUT2D eigenvalue weighted by Gasteiger charge is -2.21. The number of hydrogen-bond donors (Lipinski definition) is 0. The largest absolute Gasteiger partial charge is 0.497 e. The van der Waals surface area contributed by atoms with Crippen LogP contribution in [0.1, 0.15) is 37.0 Å². The number of fused-ring (bicyclic) bond motifs is 1. The summed E-state index contributed by atoms with van der Waals surface area (Å²) in [7, 11) is 1.74. The maximum absolute atomic E-state index is 5.29. The predicted molar refractivity (Wildman–Crippen MR) is 59.1 cm³/mol. The quantitative estimate of drug-likeness (QED) is 0.660. The van der Waals surface area contributed by atoms with E-state index in [1.807, 2.05) is 0 Å². The number of benzene rings is 1. The van der Waals surface area contributed by atoms with Gasteiger partial charge in [0.15, 0.2) is 0 Å². The van der Waals surface area contributed by atoms with Gasteiger partial charge in [-0.2, -0.15) is 0 Å². The van der Waals surface area contributed by atoms with Gasteiger partial charge in [-0.25, -0.2) is 0 Å². The zero-order valence-electron chi connectivity index (χ0n) is 9.48. The van der Waals surface area contributed by atoms with E-state index in [-0.39, 0.29) is 0 Å². The molecule has 0 heterocycles. The first kappa shape index (κ1) is 9.57. The number of methoxy groups -OCH3 is 1. The Bertz CT molecular complexity index is 364. The topological polar surface area (TPSA) is 9.23 Å². The molecule has 0 bridgehead atoms. The van der Waals surface area contributed by atoms with Crippen molar-refractivity contribution in [2.45, 2.75) is 39.0 Å². The Hall–Kier alpha value is -0.980. The maximum Gasteiger partial charge on any atom is 0.119 e. The second kappa shape index (κ2) is 3.01. The van der Waals surface area contributed by atoms with Crippen LogP contribution in [0.3, 0.4) is 0 Å². The number of hydrogen-bond acceptors (Lipinski definition) is 1. The van der Waals surface area contributed by atoms with Crippen LogP contribution in [0.15, 0.2) is 12.1 Å². The minimum Gasteiger partial charge on any atom is -0.497 e. The minimum absolute atomic E-state index is 0.353. The van der Waals surface area contributed by atoms with Gasteiger partial charge in [0.1, 0.15) is 5.75 Å². The maximum atomic E-state index is 5.29. The molecule has 1 aliphatic carbocycles. The number of rotatable bonds is 1. The van der Waals surface area contributed by atoms with Gasteiger partial charge in [0.2, 0.25) is 0 Å².